The highest BCUT2D eigenvalue weighted by atomic mass is 16.6. The van der Waals surface area contributed by atoms with Crippen LogP contribution in [0.25, 0.3) is 0 Å². The van der Waals surface area contributed by atoms with Crippen LogP contribution >= 0.6 is 0 Å². The molecule has 0 aromatic heterocycles. The first kappa shape index (κ1) is 19.4. The van der Waals surface area contributed by atoms with Gasteiger partial charge in [-0.05, 0) is 31.0 Å². The molecule has 0 aliphatic carbocycles. The molecule has 1 aromatic rings. The Labute approximate surface area is 159 Å². The lowest BCUT2D eigenvalue weighted by molar-refractivity contribution is -0.226. The number of aldehydes is 1. The van der Waals surface area contributed by atoms with Gasteiger partial charge in [-0.1, -0.05) is 44.7 Å². The summed E-state index contributed by atoms with van der Waals surface area (Å²) >= 11 is 0. The summed E-state index contributed by atoms with van der Waals surface area (Å²) in [5.74, 6) is -0.575. The van der Waals surface area contributed by atoms with Gasteiger partial charge in [0.2, 0.25) is 11.4 Å². The van der Waals surface area contributed by atoms with E-state index in [0.29, 0.717) is 18.5 Å². The second-order valence-corrected chi connectivity index (χ2v) is 7.56. The van der Waals surface area contributed by atoms with Gasteiger partial charge in [0.1, 0.15) is 5.75 Å². The number of carbonyl (C=O) groups is 3. The molecule has 3 rings (SSSR count). The number of likely N-dealkylation sites (tertiary alicyclic amines) is 1. The van der Waals surface area contributed by atoms with E-state index in [-0.39, 0.29) is 12.5 Å². The van der Waals surface area contributed by atoms with E-state index in [4.69, 9.17) is 9.47 Å². The molecule has 6 nitrogen and oxygen atoms in total. The quantitative estimate of drug-likeness (QED) is 0.288. The van der Waals surface area contributed by atoms with E-state index in [9.17, 15) is 14.4 Å². The molecule has 0 bridgehead atoms. The Balaban J connectivity index is 1.86. The van der Waals surface area contributed by atoms with Gasteiger partial charge in [0.15, 0.2) is 11.9 Å². The molecule has 0 saturated carbocycles. The number of esters is 1. The Morgan fingerprint density at radius 3 is 2.44 bits per heavy atom. The molecule has 1 amide bonds. The average Bonchev–Trinajstić information content (AvgIpc) is 2.80. The van der Waals surface area contributed by atoms with Gasteiger partial charge in [-0.3, -0.25) is 9.59 Å². The van der Waals surface area contributed by atoms with Crippen molar-refractivity contribution in [2.45, 2.75) is 63.6 Å². The van der Waals surface area contributed by atoms with E-state index >= 15 is 0 Å². The van der Waals surface area contributed by atoms with Crippen LogP contribution in [-0.2, 0) is 25.7 Å². The van der Waals surface area contributed by atoms with Crippen LogP contribution in [0.1, 0.15) is 51.5 Å². The summed E-state index contributed by atoms with van der Waals surface area (Å²) in [6.07, 6.45) is 5.34. The molecule has 0 radical (unpaired) electrons. The number of carbonyl (C=O) groups excluding carboxylic acids is 3. The SMILES string of the molecule is CCCCCC[C@H]1C(=O)N(Cc2ccc(OC)cc2)C2(C=O)C(=O)OC12C. The zero-order valence-electron chi connectivity index (χ0n) is 16.2. The Bertz CT molecular complexity index is 731. The van der Waals surface area contributed by atoms with Crippen LogP contribution in [0, 0.1) is 5.92 Å². The largest absolute Gasteiger partial charge is 0.497 e. The molecule has 2 unspecified atom stereocenters. The predicted octanol–water partition coefficient (Wildman–Crippen LogP) is 2.88. The first-order valence-electron chi connectivity index (χ1n) is 9.58. The van der Waals surface area contributed by atoms with Gasteiger partial charge in [-0.2, -0.15) is 0 Å². The fraction of sp³-hybridized carbons (Fsp3) is 0.571. The normalized spacial score (nSPS) is 29.1. The third-order valence-electron chi connectivity index (χ3n) is 6.04. The van der Waals surface area contributed by atoms with Gasteiger partial charge >= 0.3 is 5.97 Å². The first-order chi connectivity index (χ1) is 12.9. The van der Waals surface area contributed by atoms with Gasteiger partial charge in [-0.15, -0.1) is 0 Å². The fourth-order valence-electron chi connectivity index (χ4n) is 4.34. The number of amides is 1. The summed E-state index contributed by atoms with van der Waals surface area (Å²) in [5, 5.41) is 0. The lowest BCUT2D eigenvalue weighted by Crippen LogP contribution is -2.75. The van der Waals surface area contributed by atoms with E-state index in [1.54, 1.807) is 26.2 Å². The Morgan fingerprint density at radius 2 is 1.89 bits per heavy atom. The first-order valence-corrected chi connectivity index (χ1v) is 9.58. The van der Waals surface area contributed by atoms with Crippen molar-refractivity contribution in [3.05, 3.63) is 29.8 Å². The maximum Gasteiger partial charge on any atom is 0.344 e. The lowest BCUT2D eigenvalue weighted by Gasteiger charge is -2.50. The summed E-state index contributed by atoms with van der Waals surface area (Å²) in [6.45, 7) is 4.04. The lowest BCUT2D eigenvalue weighted by atomic mass is 9.71. The number of benzene rings is 1. The van der Waals surface area contributed by atoms with E-state index in [1.165, 1.54) is 4.90 Å². The van der Waals surface area contributed by atoms with Crippen LogP contribution in [0.15, 0.2) is 24.3 Å². The van der Waals surface area contributed by atoms with Crippen molar-refractivity contribution in [3.8, 4) is 5.75 Å². The average molecular weight is 373 g/mol. The number of ether oxygens (including phenoxy) is 2. The highest BCUT2D eigenvalue weighted by Gasteiger charge is 2.79. The van der Waals surface area contributed by atoms with Gasteiger partial charge < -0.3 is 14.4 Å². The predicted molar refractivity (Wildman–Crippen MR) is 99.1 cm³/mol. The van der Waals surface area contributed by atoms with Crippen LogP contribution in [0.2, 0.25) is 0 Å². The Hall–Kier alpha value is -2.37. The molecule has 2 aliphatic heterocycles. The maximum atomic E-state index is 13.2. The second kappa shape index (κ2) is 7.33. The van der Waals surface area contributed by atoms with Crippen molar-refractivity contribution in [2.75, 3.05) is 7.11 Å². The molecule has 2 saturated heterocycles. The number of rotatable bonds is 9. The summed E-state index contributed by atoms with van der Waals surface area (Å²) in [7, 11) is 1.58. The maximum absolute atomic E-state index is 13.2. The molecule has 2 aliphatic rings. The summed E-state index contributed by atoms with van der Waals surface area (Å²) in [4.78, 5) is 39.0. The topological polar surface area (TPSA) is 72.9 Å². The second-order valence-electron chi connectivity index (χ2n) is 7.56. The fourth-order valence-corrected chi connectivity index (χ4v) is 4.34. The Kier molecular flexibility index (Phi) is 5.27. The smallest absolute Gasteiger partial charge is 0.344 e. The van der Waals surface area contributed by atoms with Gasteiger partial charge in [0, 0.05) is 6.54 Å². The van der Waals surface area contributed by atoms with E-state index in [2.05, 4.69) is 6.92 Å². The molecule has 0 N–H and O–H groups in total. The molecule has 0 spiro atoms. The number of unbranched alkanes of at least 4 members (excludes halogenated alkanes) is 3. The van der Waals surface area contributed by atoms with Crippen molar-refractivity contribution < 1.29 is 23.9 Å². The van der Waals surface area contributed by atoms with Crippen molar-refractivity contribution >= 4 is 18.2 Å². The van der Waals surface area contributed by atoms with E-state index in [0.717, 1.165) is 31.2 Å². The molecule has 3 atom stereocenters. The third-order valence-corrected chi connectivity index (χ3v) is 6.04. The summed E-state index contributed by atoms with van der Waals surface area (Å²) < 4.78 is 10.6. The Morgan fingerprint density at radius 1 is 1.19 bits per heavy atom. The van der Waals surface area contributed by atoms with Crippen LogP contribution < -0.4 is 4.74 Å². The van der Waals surface area contributed by atoms with Crippen molar-refractivity contribution in [1.29, 1.82) is 0 Å². The number of fused-ring (bicyclic) bond motifs is 1. The molecule has 2 fully saturated rings. The highest BCUT2D eigenvalue weighted by Crippen LogP contribution is 2.54. The number of methoxy groups -OCH3 is 1. The minimum absolute atomic E-state index is 0.178. The zero-order valence-corrected chi connectivity index (χ0v) is 16.2. The van der Waals surface area contributed by atoms with Gasteiger partial charge in [0.05, 0.1) is 13.0 Å². The molecule has 2 heterocycles. The van der Waals surface area contributed by atoms with Crippen LogP contribution in [0.4, 0.5) is 0 Å². The van der Waals surface area contributed by atoms with Crippen molar-refractivity contribution in [2.24, 2.45) is 5.92 Å². The molecular formula is C21H27NO5. The third kappa shape index (κ3) is 2.82. The van der Waals surface area contributed by atoms with Crippen molar-refractivity contribution in [1.82, 2.24) is 4.90 Å². The molecule has 146 valence electrons. The van der Waals surface area contributed by atoms with E-state index in [1.807, 2.05) is 12.1 Å². The van der Waals surface area contributed by atoms with Gasteiger partial charge in [0.25, 0.3) is 0 Å². The standard InChI is InChI=1S/C21H27NO5/c1-4-5-6-7-8-17-18(24)22(13-15-9-11-16(26-3)12-10-15)21(14-23)19(25)27-20(17,21)2/h9-12,14,17H,4-8,13H2,1-3H3/t17-,20?,21?/m0/s1. The molecule has 27 heavy (non-hydrogen) atoms. The zero-order chi connectivity index (χ0) is 19.7. The molecule has 6 heteroatoms. The summed E-state index contributed by atoms with van der Waals surface area (Å²) in [6, 6.07) is 7.26. The van der Waals surface area contributed by atoms with Crippen molar-refractivity contribution in [3.63, 3.8) is 0 Å². The minimum atomic E-state index is -1.51. The monoisotopic (exact) mass is 373 g/mol. The van der Waals surface area contributed by atoms with Crippen LogP contribution in [-0.4, -0.2) is 41.3 Å². The highest BCUT2D eigenvalue weighted by molar-refractivity contribution is 6.12. The van der Waals surface area contributed by atoms with Crippen LogP contribution in [0.3, 0.4) is 0 Å². The minimum Gasteiger partial charge on any atom is -0.497 e. The van der Waals surface area contributed by atoms with Gasteiger partial charge in [-0.25, -0.2) is 4.79 Å². The molecular weight excluding hydrogens is 346 g/mol. The number of hydrogen-bond donors (Lipinski definition) is 0. The van der Waals surface area contributed by atoms with E-state index < -0.39 is 23.0 Å². The number of nitrogens with zero attached hydrogens (tertiary/aromatic N) is 1. The van der Waals surface area contributed by atoms with Crippen LogP contribution in [0.5, 0.6) is 5.75 Å². The molecule has 1 aromatic carbocycles. The summed E-state index contributed by atoms with van der Waals surface area (Å²) in [5.41, 5.74) is -1.76. The number of hydrogen-bond acceptors (Lipinski definition) is 5.